The zero-order chi connectivity index (χ0) is 19.8. The van der Waals surface area contributed by atoms with E-state index < -0.39 is 0 Å². The molecule has 2 aromatic rings. The smallest absolute Gasteiger partial charge is 0.241 e. The van der Waals surface area contributed by atoms with Crippen LogP contribution in [-0.2, 0) is 17.4 Å². The van der Waals surface area contributed by atoms with Crippen molar-refractivity contribution in [1.29, 1.82) is 0 Å². The van der Waals surface area contributed by atoms with E-state index in [-0.39, 0.29) is 10.8 Å². The third-order valence-electron chi connectivity index (χ3n) is 5.26. The van der Waals surface area contributed by atoms with Crippen LogP contribution in [0.1, 0.15) is 77.8 Å². The van der Waals surface area contributed by atoms with E-state index in [1.54, 1.807) is 0 Å². The van der Waals surface area contributed by atoms with Gasteiger partial charge in [-0.3, -0.25) is 4.90 Å². The molecule has 0 bridgehead atoms. The van der Waals surface area contributed by atoms with Gasteiger partial charge in [0, 0.05) is 16.7 Å². The maximum Gasteiger partial charge on any atom is 0.241 e. The summed E-state index contributed by atoms with van der Waals surface area (Å²) in [6, 6.07) is 4.00. The van der Waals surface area contributed by atoms with Crippen molar-refractivity contribution < 1.29 is 9.63 Å². The molecule has 0 unspecified atom stereocenters. The summed E-state index contributed by atoms with van der Waals surface area (Å²) in [6.45, 7) is 15.5. The number of likely N-dealkylation sites (tertiary alicyclic amines) is 1. The van der Waals surface area contributed by atoms with Crippen molar-refractivity contribution >= 4 is 0 Å². The molecule has 1 aliphatic rings. The molecule has 0 saturated carbocycles. The first-order valence-corrected chi connectivity index (χ1v) is 9.99. The summed E-state index contributed by atoms with van der Waals surface area (Å²) in [7, 11) is 0. The minimum Gasteiger partial charge on any atom is -0.507 e. The zero-order valence-corrected chi connectivity index (χ0v) is 17.6. The number of nitrogens with zero attached hydrogens (tertiary/aromatic N) is 3. The van der Waals surface area contributed by atoms with Gasteiger partial charge < -0.3 is 9.63 Å². The van der Waals surface area contributed by atoms with Crippen LogP contribution in [0.25, 0.3) is 11.4 Å². The molecule has 148 valence electrons. The van der Waals surface area contributed by atoms with Gasteiger partial charge >= 0.3 is 0 Å². The molecule has 2 heterocycles. The van der Waals surface area contributed by atoms with Gasteiger partial charge in [-0.2, -0.15) is 4.98 Å². The Morgan fingerprint density at radius 1 is 0.963 bits per heavy atom. The summed E-state index contributed by atoms with van der Waals surface area (Å²) in [5.74, 6) is 1.63. The molecule has 0 amide bonds. The van der Waals surface area contributed by atoms with E-state index in [1.807, 2.05) is 12.1 Å². The summed E-state index contributed by atoms with van der Waals surface area (Å²) < 4.78 is 5.54. The SMILES string of the molecule is CC(C)(C)c1cc(-c2noc(CN3CCCCC3)n2)cc(C(C)(C)C)c1O. The number of hydrogen-bond donors (Lipinski definition) is 1. The maximum absolute atomic E-state index is 10.9. The van der Waals surface area contributed by atoms with E-state index in [9.17, 15) is 5.11 Å². The van der Waals surface area contributed by atoms with E-state index in [0.29, 0.717) is 24.0 Å². The topological polar surface area (TPSA) is 62.4 Å². The van der Waals surface area contributed by atoms with E-state index in [4.69, 9.17) is 4.52 Å². The van der Waals surface area contributed by atoms with E-state index >= 15 is 0 Å². The highest BCUT2D eigenvalue weighted by Crippen LogP contribution is 2.41. The Labute approximate surface area is 162 Å². The average Bonchev–Trinajstić information content (AvgIpc) is 3.02. The van der Waals surface area contributed by atoms with Crippen molar-refractivity contribution in [3.8, 4) is 17.1 Å². The van der Waals surface area contributed by atoms with Gasteiger partial charge in [-0.15, -0.1) is 0 Å². The summed E-state index contributed by atoms with van der Waals surface area (Å²) in [6.07, 6.45) is 3.79. The van der Waals surface area contributed by atoms with Gasteiger partial charge in [0.25, 0.3) is 0 Å². The van der Waals surface area contributed by atoms with Crippen LogP contribution < -0.4 is 0 Å². The third kappa shape index (κ3) is 4.52. The molecular weight excluding hydrogens is 338 g/mol. The molecule has 5 nitrogen and oxygen atoms in total. The van der Waals surface area contributed by atoms with Crippen LogP contribution in [0.2, 0.25) is 0 Å². The monoisotopic (exact) mass is 371 g/mol. The van der Waals surface area contributed by atoms with Crippen molar-refractivity contribution in [1.82, 2.24) is 15.0 Å². The summed E-state index contributed by atoms with van der Waals surface area (Å²) in [4.78, 5) is 7.02. The van der Waals surface area contributed by atoms with Crippen LogP contribution in [0.5, 0.6) is 5.75 Å². The minimum absolute atomic E-state index is 0.180. The lowest BCUT2D eigenvalue weighted by Gasteiger charge is -2.27. The molecule has 3 rings (SSSR count). The Kier molecular flexibility index (Phi) is 5.35. The second kappa shape index (κ2) is 7.27. The van der Waals surface area contributed by atoms with Crippen molar-refractivity contribution in [3.05, 3.63) is 29.2 Å². The highest BCUT2D eigenvalue weighted by atomic mass is 16.5. The van der Waals surface area contributed by atoms with Gasteiger partial charge in [-0.1, -0.05) is 53.1 Å². The molecule has 1 fully saturated rings. The predicted molar refractivity (Wildman–Crippen MR) is 108 cm³/mol. The lowest BCUT2D eigenvalue weighted by atomic mass is 9.78. The van der Waals surface area contributed by atoms with Crippen molar-refractivity contribution in [3.63, 3.8) is 0 Å². The quantitative estimate of drug-likeness (QED) is 0.820. The fourth-order valence-electron chi connectivity index (χ4n) is 3.65. The molecular formula is C22H33N3O2. The van der Waals surface area contributed by atoms with Gasteiger partial charge in [-0.25, -0.2) is 0 Å². The highest BCUT2D eigenvalue weighted by Gasteiger charge is 2.28. The molecule has 0 spiro atoms. The van der Waals surface area contributed by atoms with Gasteiger partial charge in [-0.05, 0) is 48.9 Å². The molecule has 5 heteroatoms. The number of phenolic OH excluding ortho intramolecular Hbond substituents is 1. The molecule has 1 aromatic carbocycles. The number of benzene rings is 1. The van der Waals surface area contributed by atoms with E-state index in [1.165, 1.54) is 19.3 Å². The molecule has 0 atom stereocenters. The third-order valence-corrected chi connectivity index (χ3v) is 5.26. The number of aromatic hydroxyl groups is 1. The predicted octanol–water partition coefficient (Wildman–Crippen LogP) is 5.02. The van der Waals surface area contributed by atoms with Crippen LogP contribution in [0, 0.1) is 0 Å². The Bertz CT molecular complexity index is 756. The van der Waals surface area contributed by atoms with Gasteiger partial charge in [0.2, 0.25) is 11.7 Å². The first-order chi connectivity index (χ1) is 12.6. The number of phenols is 1. The van der Waals surface area contributed by atoms with Crippen LogP contribution in [0.4, 0.5) is 0 Å². The summed E-state index contributed by atoms with van der Waals surface area (Å²) >= 11 is 0. The van der Waals surface area contributed by atoms with Crippen molar-refractivity contribution in [2.24, 2.45) is 0 Å². The standard InChI is InChI=1S/C22H33N3O2/c1-21(2,3)16-12-15(13-17(19(16)26)22(4,5)6)20-23-18(27-24-20)14-25-10-8-7-9-11-25/h12-13,26H,7-11,14H2,1-6H3. The Morgan fingerprint density at radius 2 is 1.52 bits per heavy atom. The average molecular weight is 372 g/mol. The molecule has 1 aromatic heterocycles. The fourth-order valence-corrected chi connectivity index (χ4v) is 3.65. The lowest BCUT2D eigenvalue weighted by molar-refractivity contribution is 0.193. The summed E-state index contributed by atoms with van der Waals surface area (Å²) in [5.41, 5.74) is 2.36. The second-order valence-electron chi connectivity index (χ2n) is 9.77. The molecule has 1 N–H and O–H groups in total. The maximum atomic E-state index is 10.9. The van der Waals surface area contributed by atoms with Crippen LogP contribution >= 0.6 is 0 Å². The molecule has 1 saturated heterocycles. The number of aromatic nitrogens is 2. The van der Waals surface area contributed by atoms with Crippen LogP contribution in [-0.4, -0.2) is 33.2 Å². The van der Waals surface area contributed by atoms with Gasteiger partial charge in [0.05, 0.1) is 6.54 Å². The van der Waals surface area contributed by atoms with E-state index in [0.717, 1.165) is 29.8 Å². The zero-order valence-electron chi connectivity index (χ0n) is 17.6. The normalized spacial score (nSPS) is 16.7. The Hall–Kier alpha value is -1.88. The van der Waals surface area contributed by atoms with Crippen molar-refractivity contribution in [2.75, 3.05) is 13.1 Å². The number of hydrogen-bond acceptors (Lipinski definition) is 5. The van der Waals surface area contributed by atoms with E-state index in [2.05, 4.69) is 56.6 Å². The molecule has 0 aliphatic carbocycles. The first kappa shape index (κ1) is 19.9. The number of rotatable bonds is 3. The number of piperidine rings is 1. The minimum atomic E-state index is -0.180. The molecule has 27 heavy (non-hydrogen) atoms. The van der Waals surface area contributed by atoms with Crippen molar-refractivity contribution in [2.45, 2.75) is 78.2 Å². The Morgan fingerprint density at radius 3 is 2.04 bits per heavy atom. The highest BCUT2D eigenvalue weighted by molar-refractivity contribution is 5.63. The fraction of sp³-hybridized carbons (Fsp3) is 0.636. The second-order valence-corrected chi connectivity index (χ2v) is 9.77. The lowest BCUT2D eigenvalue weighted by Crippen LogP contribution is -2.29. The van der Waals surface area contributed by atoms with Gasteiger partial charge in [0.1, 0.15) is 5.75 Å². The first-order valence-electron chi connectivity index (χ1n) is 9.99. The molecule has 1 aliphatic heterocycles. The van der Waals surface area contributed by atoms with Crippen LogP contribution in [0.15, 0.2) is 16.7 Å². The largest absolute Gasteiger partial charge is 0.507 e. The Balaban J connectivity index is 1.96. The molecule has 0 radical (unpaired) electrons. The van der Waals surface area contributed by atoms with Gasteiger partial charge in [0.15, 0.2) is 0 Å². The van der Waals surface area contributed by atoms with Crippen LogP contribution in [0.3, 0.4) is 0 Å². The summed E-state index contributed by atoms with van der Waals surface area (Å²) in [5, 5.41) is 15.1.